The molecule has 0 atom stereocenters. The van der Waals surface area contributed by atoms with Crippen LogP contribution >= 0.6 is 11.6 Å². The number of nitrogens with zero attached hydrogens (tertiary/aromatic N) is 4. The molecule has 0 fully saturated rings. The average Bonchev–Trinajstić information content (AvgIpc) is 2.84. The van der Waals surface area contributed by atoms with Crippen molar-refractivity contribution in [1.82, 2.24) is 19.4 Å². The van der Waals surface area contributed by atoms with Crippen molar-refractivity contribution >= 4 is 44.7 Å². The quantitative estimate of drug-likeness (QED) is 0.541. The van der Waals surface area contributed by atoms with E-state index >= 15 is 0 Å². The van der Waals surface area contributed by atoms with Crippen molar-refractivity contribution in [3.63, 3.8) is 0 Å². The molecule has 0 aliphatic heterocycles. The molecule has 2 heterocycles. The van der Waals surface area contributed by atoms with Crippen LogP contribution in [0.15, 0.2) is 30.3 Å². The summed E-state index contributed by atoms with van der Waals surface area (Å²) in [6, 6.07) is 10.2. The van der Waals surface area contributed by atoms with Crippen molar-refractivity contribution in [3.8, 4) is 0 Å². The molecule has 0 radical (unpaired) electrons. The van der Waals surface area contributed by atoms with Crippen LogP contribution in [0.1, 0.15) is 11.1 Å². The molecule has 0 unspecified atom stereocenters. The summed E-state index contributed by atoms with van der Waals surface area (Å²) in [4.78, 5) is 12.1. The Hall–Kier alpha value is -2.17. The first kappa shape index (κ1) is 16.3. The summed E-state index contributed by atoms with van der Waals surface area (Å²) in [5.74, 6) is 0. The van der Waals surface area contributed by atoms with Crippen LogP contribution in [0.2, 0.25) is 5.02 Å². The Morgan fingerprint density at radius 2 is 1.68 bits per heavy atom. The summed E-state index contributed by atoms with van der Waals surface area (Å²) in [5.41, 5.74) is 7.32. The molecule has 2 aromatic carbocycles. The number of hydrogen-bond acceptors (Lipinski definition) is 3. The minimum Gasteiger partial charge on any atom is -0.323 e. The van der Waals surface area contributed by atoms with E-state index < -0.39 is 0 Å². The van der Waals surface area contributed by atoms with Gasteiger partial charge in [0.25, 0.3) is 0 Å². The van der Waals surface area contributed by atoms with Gasteiger partial charge in [0.15, 0.2) is 5.65 Å². The highest BCUT2D eigenvalue weighted by atomic mass is 35.5. The fourth-order valence-electron chi connectivity index (χ4n) is 3.24. The van der Waals surface area contributed by atoms with Gasteiger partial charge in [-0.2, -0.15) is 0 Å². The van der Waals surface area contributed by atoms with Crippen LogP contribution in [-0.4, -0.2) is 40.1 Å². The Morgan fingerprint density at radius 1 is 1.00 bits per heavy atom. The Labute approximate surface area is 152 Å². The molecule has 0 spiro atoms. The number of aromatic nitrogens is 3. The van der Waals surface area contributed by atoms with Crippen LogP contribution < -0.4 is 0 Å². The highest BCUT2D eigenvalue weighted by Gasteiger charge is 2.15. The highest BCUT2D eigenvalue weighted by Crippen LogP contribution is 2.30. The summed E-state index contributed by atoms with van der Waals surface area (Å²) in [6.45, 7) is 6.02. The van der Waals surface area contributed by atoms with E-state index in [0.717, 1.165) is 51.2 Å². The van der Waals surface area contributed by atoms with Crippen LogP contribution in [0.3, 0.4) is 0 Å². The number of hydrogen-bond donors (Lipinski definition) is 0. The van der Waals surface area contributed by atoms with Gasteiger partial charge in [-0.15, -0.1) is 0 Å². The first-order chi connectivity index (χ1) is 11.9. The minimum absolute atomic E-state index is 0.723. The largest absolute Gasteiger partial charge is 0.323 e. The van der Waals surface area contributed by atoms with Gasteiger partial charge in [0, 0.05) is 23.5 Å². The van der Waals surface area contributed by atoms with E-state index in [1.54, 1.807) is 0 Å². The maximum absolute atomic E-state index is 6.25. The second kappa shape index (κ2) is 5.97. The van der Waals surface area contributed by atoms with Gasteiger partial charge in [-0.25, -0.2) is 9.97 Å². The summed E-state index contributed by atoms with van der Waals surface area (Å²) in [6.07, 6.45) is 0. The fraction of sp³-hybridized carbons (Fsp3) is 0.300. The maximum atomic E-state index is 6.25. The van der Waals surface area contributed by atoms with E-state index in [0.29, 0.717) is 0 Å². The summed E-state index contributed by atoms with van der Waals surface area (Å²) >= 11 is 6.25. The lowest BCUT2D eigenvalue weighted by molar-refractivity contribution is 0.389. The molecule has 25 heavy (non-hydrogen) atoms. The molecule has 128 valence electrons. The molecule has 0 saturated heterocycles. The number of fused-ring (bicyclic) bond motifs is 4. The molecule has 4 nitrogen and oxygen atoms in total. The molecule has 4 rings (SSSR count). The van der Waals surface area contributed by atoms with Crippen molar-refractivity contribution < 1.29 is 0 Å². The summed E-state index contributed by atoms with van der Waals surface area (Å²) in [5, 5.41) is 1.79. The monoisotopic (exact) mass is 352 g/mol. The molecule has 0 saturated carbocycles. The fourth-order valence-corrected chi connectivity index (χ4v) is 3.42. The lowest BCUT2D eigenvalue weighted by Gasteiger charge is -2.12. The van der Waals surface area contributed by atoms with Gasteiger partial charge in [-0.1, -0.05) is 11.6 Å². The predicted octanol–water partition coefficient (Wildman–Crippen LogP) is 4.57. The van der Waals surface area contributed by atoms with Gasteiger partial charge in [0.2, 0.25) is 0 Å². The van der Waals surface area contributed by atoms with Crippen molar-refractivity contribution in [2.75, 3.05) is 20.6 Å². The first-order valence-corrected chi connectivity index (χ1v) is 8.83. The van der Waals surface area contributed by atoms with E-state index in [9.17, 15) is 0 Å². The predicted molar refractivity (Wildman–Crippen MR) is 106 cm³/mol. The summed E-state index contributed by atoms with van der Waals surface area (Å²) in [7, 11) is 4.16. The zero-order valence-corrected chi connectivity index (χ0v) is 15.7. The maximum Gasteiger partial charge on any atom is 0.160 e. The molecule has 5 heteroatoms. The number of benzene rings is 2. The molecule has 0 bridgehead atoms. The third-order valence-corrected chi connectivity index (χ3v) is 5.03. The van der Waals surface area contributed by atoms with E-state index in [4.69, 9.17) is 21.6 Å². The van der Waals surface area contributed by atoms with Gasteiger partial charge in [0.1, 0.15) is 5.52 Å². The van der Waals surface area contributed by atoms with Crippen LogP contribution in [-0.2, 0) is 6.54 Å². The zero-order chi connectivity index (χ0) is 17.7. The van der Waals surface area contributed by atoms with E-state index in [-0.39, 0.29) is 0 Å². The second-order valence-corrected chi connectivity index (χ2v) is 7.37. The Balaban J connectivity index is 2.08. The number of likely N-dealkylation sites (N-methyl/N-ethyl adjacent to an activating group) is 1. The molecular weight excluding hydrogens is 332 g/mol. The molecule has 0 aliphatic carbocycles. The lowest BCUT2D eigenvalue weighted by atomic mass is 10.1. The van der Waals surface area contributed by atoms with Crippen LogP contribution in [0.5, 0.6) is 0 Å². The molecule has 0 aliphatic rings. The molecule has 2 aromatic heterocycles. The zero-order valence-electron chi connectivity index (χ0n) is 15.0. The first-order valence-electron chi connectivity index (χ1n) is 8.45. The molecular formula is C20H21ClN4. The van der Waals surface area contributed by atoms with E-state index in [2.05, 4.69) is 55.6 Å². The smallest absolute Gasteiger partial charge is 0.160 e. The third-order valence-electron chi connectivity index (χ3n) is 4.79. The van der Waals surface area contributed by atoms with E-state index in [1.807, 2.05) is 12.1 Å². The number of rotatable bonds is 3. The van der Waals surface area contributed by atoms with Crippen molar-refractivity contribution in [1.29, 1.82) is 0 Å². The van der Waals surface area contributed by atoms with Gasteiger partial charge >= 0.3 is 0 Å². The number of halogens is 1. The summed E-state index contributed by atoms with van der Waals surface area (Å²) < 4.78 is 2.25. The van der Waals surface area contributed by atoms with Crippen molar-refractivity contribution in [3.05, 3.63) is 46.5 Å². The van der Waals surface area contributed by atoms with Crippen molar-refractivity contribution in [2.45, 2.75) is 20.4 Å². The SMILES string of the molecule is Cc1cc2nc3c4cc(Cl)ccc4n(CCN(C)C)c3nc2cc1C. The minimum atomic E-state index is 0.723. The van der Waals surface area contributed by atoms with Crippen LogP contribution in [0.25, 0.3) is 33.1 Å². The Kier molecular flexibility index (Phi) is 3.89. The van der Waals surface area contributed by atoms with Crippen LogP contribution in [0.4, 0.5) is 0 Å². The Morgan fingerprint density at radius 3 is 2.36 bits per heavy atom. The molecule has 0 amide bonds. The van der Waals surface area contributed by atoms with Crippen LogP contribution in [0, 0.1) is 13.8 Å². The topological polar surface area (TPSA) is 34.0 Å². The Bertz CT molecular complexity index is 1110. The average molecular weight is 353 g/mol. The standard InChI is InChI=1S/C20H21ClN4/c1-12-9-16-17(10-13(12)2)23-20-19(22-16)15-11-14(21)5-6-18(15)25(20)8-7-24(3)4/h5-6,9-11H,7-8H2,1-4H3. The third kappa shape index (κ3) is 2.75. The van der Waals surface area contributed by atoms with Gasteiger partial charge in [0.05, 0.1) is 16.6 Å². The molecule has 4 aromatic rings. The van der Waals surface area contributed by atoms with Gasteiger partial charge < -0.3 is 9.47 Å². The highest BCUT2D eigenvalue weighted by molar-refractivity contribution is 6.31. The lowest BCUT2D eigenvalue weighted by Crippen LogP contribution is -2.18. The van der Waals surface area contributed by atoms with Gasteiger partial charge in [-0.3, -0.25) is 0 Å². The normalized spacial score (nSPS) is 12.1. The van der Waals surface area contributed by atoms with Crippen molar-refractivity contribution in [2.24, 2.45) is 0 Å². The van der Waals surface area contributed by atoms with E-state index in [1.165, 1.54) is 11.1 Å². The number of aryl methyl sites for hydroxylation is 2. The molecule has 0 N–H and O–H groups in total. The second-order valence-electron chi connectivity index (χ2n) is 6.94. The van der Waals surface area contributed by atoms with Gasteiger partial charge in [-0.05, 0) is 69.4 Å².